The van der Waals surface area contributed by atoms with Gasteiger partial charge in [0.25, 0.3) is 0 Å². The summed E-state index contributed by atoms with van der Waals surface area (Å²) in [5, 5.41) is 7.38. The van der Waals surface area contributed by atoms with Crippen LogP contribution >= 0.6 is 0 Å². The number of rotatable bonds is 4. The molecule has 6 nitrogen and oxygen atoms in total. The van der Waals surface area contributed by atoms with Crippen LogP contribution in [-0.4, -0.2) is 32.7 Å². The normalized spacial score (nSPS) is 26.4. The Morgan fingerprint density at radius 3 is 2.50 bits per heavy atom. The summed E-state index contributed by atoms with van der Waals surface area (Å²) in [6.07, 6.45) is 3.69. The molecule has 2 atom stereocenters. The van der Waals surface area contributed by atoms with Crippen LogP contribution in [0.3, 0.4) is 0 Å². The van der Waals surface area contributed by atoms with Gasteiger partial charge in [-0.15, -0.1) is 0 Å². The van der Waals surface area contributed by atoms with Gasteiger partial charge in [-0.1, -0.05) is 12.8 Å². The third-order valence-corrected chi connectivity index (χ3v) is 3.62. The zero-order valence-corrected chi connectivity index (χ0v) is 10.0. The lowest BCUT2D eigenvalue weighted by molar-refractivity contribution is -0.126. The number of primary sulfonamides is 1. The van der Waals surface area contributed by atoms with Crippen molar-refractivity contribution >= 4 is 15.9 Å². The van der Waals surface area contributed by atoms with Crippen LogP contribution in [0.25, 0.3) is 0 Å². The quantitative estimate of drug-likeness (QED) is 0.587. The first kappa shape index (κ1) is 13.4. The minimum Gasteiger partial charge on any atom is -0.355 e. The molecule has 1 saturated carbocycles. The molecule has 0 spiro atoms. The molecule has 0 bridgehead atoms. The Morgan fingerprint density at radius 2 is 1.94 bits per heavy atom. The molecule has 5 N–H and O–H groups in total. The molecule has 94 valence electrons. The van der Waals surface area contributed by atoms with E-state index < -0.39 is 10.0 Å². The summed E-state index contributed by atoms with van der Waals surface area (Å²) in [6, 6.07) is -0.108. The van der Waals surface area contributed by atoms with Crippen molar-refractivity contribution in [1.29, 1.82) is 0 Å². The third kappa shape index (κ3) is 4.46. The Balaban J connectivity index is 2.34. The molecule has 1 rings (SSSR count). The van der Waals surface area contributed by atoms with Crippen molar-refractivity contribution in [3.63, 3.8) is 0 Å². The number of sulfonamides is 1. The number of carbonyl (C=O) groups is 1. The first-order valence-electron chi connectivity index (χ1n) is 5.44. The Kier molecular flexibility index (Phi) is 4.69. The molecule has 0 radical (unpaired) electrons. The van der Waals surface area contributed by atoms with Crippen molar-refractivity contribution in [3.05, 3.63) is 0 Å². The molecule has 7 heteroatoms. The van der Waals surface area contributed by atoms with E-state index in [2.05, 4.69) is 5.32 Å². The van der Waals surface area contributed by atoms with E-state index in [1.54, 1.807) is 0 Å². The topological polar surface area (TPSA) is 115 Å². The molecule has 1 fully saturated rings. The van der Waals surface area contributed by atoms with E-state index in [0.29, 0.717) is 0 Å². The molecular weight excluding hydrogens is 230 g/mol. The van der Waals surface area contributed by atoms with Crippen LogP contribution in [0.4, 0.5) is 0 Å². The average Bonchev–Trinajstić information content (AvgIpc) is 2.16. The van der Waals surface area contributed by atoms with Gasteiger partial charge in [0.15, 0.2) is 0 Å². The van der Waals surface area contributed by atoms with Crippen molar-refractivity contribution in [3.8, 4) is 0 Å². The lowest BCUT2D eigenvalue weighted by Crippen LogP contribution is -2.44. The Morgan fingerprint density at radius 1 is 1.31 bits per heavy atom. The summed E-state index contributed by atoms with van der Waals surface area (Å²) >= 11 is 0. The highest BCUT2D eigenvalue weighted by molar-refractivity contribution is 7.89. The maximum absolute atomic E-state index is 11.7. The molecular formula is C9H19N3O3S. The number of amides is 1. The highest BCUT2D eigenvalue weighted by Gasteiger charge is 2.27. The summed E-state index contributed by atoms with van der Waals surface area (Å²) in [6.45, 7) is 0.0564. The summed E-state index contributed by atoms with van der Waals surface area (Å²) in [5.41, 5.74) is 5.83. The summed E-state index contributed by atoms with van der Waals surface area (Å²) in [4.78, 5) is 11.7. The van der Waals surface area contributed by atoms with E-state index in [9.17, 15) is 13.2 Å². The first-order valence-corrected chi connectivity index (χ1v) is 7.15. The van der Waals surface area contributed by atoms with Gasteiger partial charge in [-0.2, -0.15) is 0 Å². The van der Waals surface area contributed by atoms with E-state index in [1.807, 2.05) is 0 Å². The lowest BCUT2D eigenvalue weighted by atomic mass is 9.84. The van der Waals surface area contributed by atoms with Crippen molar-refractivity contribution in [1.82, 2.24) is 5.32 Å². The Bertz CT molecular complexity index is 342. The lowest BCUT2D eigenvalue weighted by Gasteiger charge is -2.27. The highest BCUT2D eigenvalue weighted by Crippen LogP contribution is 2.22. The molecule has 0 aliphatic heterocycles. The van der Waals surface area contributed by atoms with E-state index >= 15 is 0 Å². The fourth-order valence-corrected chi connectivity index (χ4v) is 2.32. The maximum atomic E-state index is 11.7. The summed E-state index contributed by atoms with van der Waals surface area (Å²) < 4.78 is 21.3. The molecule has 0 aromatic carbocycles. The number of carbonyl (C=O) groups excluding carboxylic acids is 1. The third-order valence-electron chi connectivity index (χ3n) is 2.84. The van der Waals surface area contributed by atoms with Crippen molar-refractivity contribution in [2.24, 2.45) is 16.8 Å². The monoisotopic (exact) mass is 249 g/mol. The molecule has 0 heterocycles. The van der Waals surface area contributed by atoms with Crippen molar-refractivity contribution in [2.45, 2.75) is 31.7 Å². The number of nitrogens with one attached hydrogen (secondary N) is 1. The van der Waals surface area contributed by atoms with Crippen molar-refractivity contribution < 1.29 is 13.2 Å². The van der Waals surface area contributed by atoms with E-state index in [4.69, 9.17) is 10.9 Å². The first-order chi connectivity index (χ1) is 7.40. The summed E-state index contributed by atoms with van der Waals surface area (Å²) in [5.74, 6) is -0.578. The number of hydrogen-bond donors (Lipinski definition) is 3. The van der Waals surface area contributed by atoms with Crippen LogP contribution in [0.2, 0.25) is 0 Å². The molecule has 1 amide bonds. The van der Waals surface area contributed by atoms with E-state index in [1.165, 1.54) is 0 Å². The van der Waals surface area contributed by atoms with Crippen LogP contribution in [0, 0.1) is 5.92 Å². The van der Waals surface area contributed by atoms with Crippen LogP contribution < -0.4 is 16.2 Å². The van der Waals surface area contributed by atoms with Gasteiger partial charge in [0.05, 0.1) is 11.7 Å². The smallest absolute Gasteiger partial charge is 0.224 e. The minimum absolute atomic E-state index is 0.0564. The predicted molar refractivity (Wildman–Crippen MR) is 60.9 cm³/mol. The molecule has 0 aromatic rings. The van der Waals surface area contributed by atoms with Gasteiger partial charge in [-0.3, -0.25) is 4.79 Å². The second kappa shape index (κ2) is 5.60. The standard InChI is InChI=1S/C9H19N3O3S/c10-8-4-2-1-3-7(8)9(13)12-5-6-16(11,14)15/h7-8H,1-6,10H2,(H,12,13)(H2,11,14,15). The average molecular weight is 249 g/mol. The zero-order chi connectivity index (χ0) is 12.2. The van der Waals surface area contributed by atoms with Crippen molar-refractivity contribution in [2.75, 3.05) is 12.3 Å². The maximum Gasteiger partial charge on any atom is 0.224 e. The molecule has 1 aliphatic carbocycles. The number of nitrogens with two attached hydrogens (primary N) is 2. The molecule has 0 aromatic heterocycles. The second-order valence-electron chi connectivity index (χ2n) is 4.21. The van der Waals surface area contributed by atoms with E-state index in [0.717, 1.165) is 25.7 Å². The zero-order valence-electron chi connectivity index (χ0n) is 9.19. The molecule has 16 heavy (non-hydrogen) atoms. The van der Waals surface area contributed by atoms with Crippen LogP contribution in [0.1, 0.15) is 25.7 Å². The minimum atomic E-state index is -3.51. The van der Waals surface area contributed by atoms with Gasteiger partial charge in [-0.25, -0.2) is 13.6 Å². The van der Waals surface area contributed by atoms with Gasteiger partial charge >= 0.3 is 0 Å². The van der Waals surface area contributed by atoms with Gasteiger partial charge in [-0.05, 0) is 12.8 Å². The van der Waals surface area contributed by atoms with Gasteiger partial charge < -0.3 is 11.1 Å². The molecule has 1 aliphatic rings. The highest BCUT2D eigenvalue weighted by atomic mass is 32.2. The second-order valence-corrected chi connectivity index (χ2v) is 5.95. The van der Waals surface area contributed by atoms with Crippen LogP contribution in [0.15, 0.2) is 0 Å². The largest absolute Gasteiger partial charge is 0.355 e. The van der Waals surface area contributed by atoms with Gasteiger partial charge in [0.2, 0.25) is 15.9 Å². The SMILES string of the molecule is NC1CCCCC1C(=O)NCCS(N)(=O)=O. The summed E-state index contributed by atoms with van der Waals surface area (Å²) in [7, 11) is -3.51. The molecule has 0 saturated heterocycles. The Labute approximate surface area is 95.8 Å². The molecule has 2 unspecified atom stereocenters. The predicted octanol–water partition coefficient (Wildman–Crippen LogP) is -1.09. The number of hydrogen-bond acceptors (Lipinski definition) is 4. The van der Waals surface area contributed by atoms with Crippen LogP contribution in [-0.2, 0) is 14.8 Å². The van der Waals surface area contributed by atoms with Gasteiger partial charge in [0, 0.05) is 12.6 Å². The van der Waals surface area contributed by atoms with Crippen LogP contribution in [0.5, 0.6) is 0 Å². The van der Waals surface area contributed by atoms with Gasteiger partial charge in [0.1, 0.15) is 0 Å². The van der Waals surface area contributed by atoms with E-state index in [-0.39, 0.29) is 30.2 Å². The Hall–Kier alpha value is -0.660. The fraction of sp³-hybridized carbons (Fsp3) is 0.889. The fourth-order valence-electron chi connectivity index (χ4n) is 1.93.